The molecule has 0 radical (unpaired) electrons. The normalized spacial score (nSPS) is 11.4. The molecule has 2 N–H and O–H groups in total. The van der Waals surface area contributed by atoms with Crippen LogP contribution in [0.15, 0.2) is 18.2 Å². The minimum absolute atomic E-state index is 0. The number of ether oxygens (including phenoxy) is 1. The van der Waals surface area contributed by atoms with E-state index >= 15 is 0 Å². The van der Waals surface area contributed by atoms with E-state index in [-0.39, 0.29) is 24.2 Å². The average Bonchev–Trinajstić information content (AvgIpc) is 2.42. The van der Waals surface area contributed by atoms with Gasteiger partial charge in [-0.25, -0.2) is 0 Å². The van der Waals surface area contributed by atoms with Gasteiger partial charge in [-0.05, 0) is 44.2 Å². The number of hydrogen-bond donors (Lipinski definition) is 2. The summed E-state index contributed by atoms with van der Waals surface area (Å²) >= 11 is 0. The van der Waals surface area contributed by atoms with E-state index in [1.54, 1.807) is 0 Å². The van der Waals surface area contributed by atoms with Gasteiger partial charge in [-0.15, -0.1) is 12.4 Å². The Balaban J connectivity index is 0.00000400. The van der Waals surface area contributed by atoms with Gasteiger partial charge in [0.1, 0.15) is 5.75 Å². The van der Waals surface area contributed by atoms with Gasteiger partial charge in [0.05, 0.1) is 6.61 Å². The lowest BCUT2D eigenvalue weighted by Crippen LogP contribution is -2.28. The van der Waals surface area contributed by atoms with Crippen molar-refractivity contribution in [3.63, 3.8) is 0 Å². The van der Waals surface area contributed by atoms with Gasteiger partial charge in [0.25, 0.3) is 0 Å². The minimum Gasteiger partial charge on any atom is -0.494 e. The number of amides is 1. The Bertz CT molecular complexity index is 438. The number of nitrogens with one attached hydrogen (secondary N) is 2. The topological polar surface area (TPSA) is 50.4 Å². The molecular weight excluding hydrogens is 288 g/mol. The highest BCUT2D eigenvalue weighted by molar-refractivity contribution is 5.93. The van der Waals surface area contributed by atoms with Crippen molar-refractivity contribution in [2.75, 3.05) is 25.5 Å². The van der Waals surface area contributed by atoms with E-state index in [9.17, 15) is 4.79 Å². The number of anilines is 1. The first kappa shape index (κ1) is 19.7. The standard InChI is InChI=1S/C16H26N2O2.ClH/c1-5-6-9-20-14-7-8-15(12(2)10-14)18-16(19)13(3)11-17-4;/h7-8,10,13,17H,5-6,9,11H2,1-4H3,(H,18,19);1H. The Labute approximate surface area is 134 Å². The van der Waals surface area contributed by atoms with Crippen LogP contribution in [0.2, 0.25) is 0 Å². The zero-order valence-corrected chi connectivity index (χ0v) is 14.2. The molecule has 1 aromatic carbocycles. The molecular formula is C16H27ClN2O2. The highest BCUT2D eigenvalue weighted by Gasteiger charge is 2.13. The molecule has 21 heavy (non-hydrogen) atoms. The third-order valence-corrected chi connectivity index (χ3v) is 3.18. The molecule has 1 atom stereocenters. The molecule has 0 aromatic heterocycles. The maximum absolute atomic E-state index is 12.0. The molecule has 4 nitrogen and oxygen atoms in total. The zero-order chi connectivity index (χ0) is 15.0. The molecule has 0 aliphatic carbocycles. The lowest BCUT2D eigenvalue weighted by Gasteiger charge is -2.14. The molecule has 1 unspecified atom stereocenters. The number of carbonyl (C=O) groups excluding carboxylic acids is 1. The molecule has 0 heterocycles. The molecule has 1 rings (SSSR count). The molecule has 0 saturated carbocycles. The number of hydrogen-bond acceptors (Lipinski definition) is 3. The third kappa shape index (κ3) is 6.82. The van der Waals surface area contributed by atoms with E-state index < -0.39 is 0 Å². The van der Waals surface area contributed by atoms with E-state index in [0.29, 0.717) is 6.54 Å². The van der Waals surface area contributed by atoms with Crippen LogP contribution in [0.4, 0.5) is 5.69 Å². The van der Waals surface area contributed by atoms with Crippen LogP contribution in [-0.2, 0) is 4.79 Å². The maximum Gasteiger partial charge on any atom is 0.228 e. The lowest BCUT2D eigenvalue weighted by molar-refractivity contribution is -0.119. The maximum atomic E-state index is 12.0. The van der Waals surface area contributed by atoms with Gasteiger partial charge in [-0.1, -0.05) is 20.3 Å². The molecule has 0 aliphatic rings. The molecule has 0 aliphatic heterocycles. The van der Waals surface area contributed by atoms with Crippen LogP contribution in [-0.4, -0.2) is 26.1 Å². The summed E-state index contributed by atoms with van der Waals surface area (Å²) in [6, 6.07) is 5.77. The fourth-order valence-electron chi connectivity index (χ4n) is 1.86. The van der Waals surface area contributed by atoms with Crippen LogP contribution < -0.4 is 15.4 Å². The van der Waals surface area contributed by atoms with Gasteiger partial charge in [-0.2, -0.15) is 0 Å². The van der Waals surface area contributed by atoms with Crippen LogP contribution in [0, 0.1) is 12.8 Å². The summed E-state index contributed by atoms with van der Waals surface area (Å²) in [5.41, 5.74) is 1.87. The number of benzene rings is 1. The first-order valence-electron chi connectivity index (χ1n) is 7.27. The van der Waals surface area contributed by atoms with Crippen molar-refractivity contribution in [3.8, 4) is 5.75 Å². The van der Waals surface area contributed by atoms with E-state index in [1.165, 1.54) is 0 Å². The Morgan fingerprint density at radius 3 is 2.67 bits per heavy atom. The monoisotopic (exact) mass is 314 g/mol. The summed E-state index contributed by atoms with van der Waals surface area (Å²) in [5, 5.41) is 5.96. The predicted octanol–water partition coefficient (Wildman–Crippen LogP) is 3.39. The second-order valence-corrected chi connectivity index (χ2v) is 5.13. The van der Waals surface area contributed by atoms with Crippen molar-refractivity contribution in [2.24, 2.45) is 5.92 Å². The van der Waals surface area contributed by atoms with Crippen molar-refractivity contribution >= 4 is 24.0 Å². The van der Waals surface area contributed by atoms with E-state index in [2.05, 4.69) is 17.6 Å². The largest absolute Gasteiger partial charge is 0.494 e. The summed E-state index contributed by atoms with van der Waals surface area (Å²) in [6.07, 6.45) is 2.18. The number of halogens is 1. The fourth-order valence-corrected chi connectivity index (χ4v) is 1.86. The van der Waals surface area contributed by atoms with Crippen LogP contribution in [0.1, 0.15) is 32.3 Å². The molecule has 120 valence electrons. The van der Waals surface area contributed by atoms with Crippen molar-refractivity contribution in [1.82, 2.24) is 5.32 Å². The summed E-state index contributed by atoms with van der Waals surface area (Å²) in [5.74, 6) is 0.833. The number of carbonyl (C=O) groups is 1. The predicted molar refractivity (Wildman–Crippen MR) is 90.6 cm³/mol. The number of unbranched alkanes of at least 4 members (excludes halogenated alkanes) is 1. The number of aryl methyl sites for hydroxylation is 1. The Kier molecular flexibility index (Phi) is 9.84. The van der Waals surface area contributed by atoms with Gasteiger partial charge in [0.15, 0.2) is 0 Å². The lowest BCUT2D eigenvalue weighted by atomic mass is 10.1. The van der Waals surface area contributed by atoms with Crippen molar-refractivity contribution < 1.29 is 9.53 Å². The fraction of sp³-hybridized carbons (Fsp3) is 0.562. The summed E-state index contributed by atoms with van der Waals surface area (Å²) < 4.78 is 5.65. The van der Waals surface area contributed by atoms with Gasteiger partial charge >= 0.3 is 0 Å². The van der Waals surface area contributed by atoms with E-state index in [4.69, 9.17) is 4.74 Å². The second kappa shape index (κ2) is 10.5. The first-order chi connectivity index (χ1) is 9.58. The minimum atomic E-state index is -0.0557. The summed E-state index contributed by atoms with van der Waals surface area (Å²) in [7, 11) is 1.84. The molecule has 0 saturated heterocycles. The highest BCUT2D eigenvalue weighted by atomic mass is 35.5. The first-order valence-corrected chi connectivity index (χ1v) is 7.27. The molecule has 0 fully saturated rings. The molecule has 0 spiro atoms. The number of rotatable bonds is 8. The van der Waals surface area contributed by atoms with Gasteiger partial charge < -0.3 is 15.4 Å². The van der Waals surface area contributed by atoms with E-state index in [1.807, 2.05) is 39.1 Å². The molecule has 1 aromatic rings. The van der Waals surface area contributed by atoms with Gasteiger partial charge in [0.2, 0.25) is 5.91 Å². The van der Waals surface area contributed by atoms with Crippen LogP contribution in [0.5, 0.6) is 5.75 Å². The van der Waals surface area contributed by atoms with Crippen LogP contribution >= 0.6 is 12.4 Å². The Hall–Kier alpha value is -1.26. The Morgan fingerprint density at radius 1 is 1.38 bits per heavy atom. The highest BCUT2D eigenvalue weighted by Crippen LogP contribution is 2.22. The molecule has 5 heteroatoms. The van der Waals surface area contributed by atoms with Crippen molar-refractivity contribution in [3.05, 3.63) is 23.8 Å². The third-order valence-electron chi connectivity index (χ3n) is 3.18. The average molecular weight is 315 g/mol. The quantitative estimate of drug-likeness (QED) is 0.723. The van der Waals surface area contributed by atoms with Gasteiger partial charge in [-0.3, -0.25) is 4.79 Å². The molecule has 1 amide bonds. The summed E-state index contributed by atoms with van der Waals surface area (Å²) in [6.45, 7) is 7.43. The van der Waals surface area contributed by atoms with Crippen molar-refractivity contribution in [1.29, 1.82) is 0 Å². The van der Waals surface area contributed by atoms with Gasteiger partial charge in [0, 0.05) is 18.2 Å². The molecule has 0 bridgehead atoms. The zero-order valence-electron chi connectivity index (χ0n) is 13.4. The van der Waals surface area contributed by atoms with E-state index in [0.717, 1.165) is 36.4 Å². The Morgan fingerprint density at radius 2 is 2.10 bits per heavy atom. The van der Waals surface area contributed by atoms with Crippen LogP contribution in [0.25, 0.3) is 0 Å². The smallest absolute Gasteiger partial charge is 0.228 e. The summed E-state index contributed by atoms with van der Waals surface area (Å²) in [4.78, 5) is 12.0. The second-order valence-electron chi connectivity index (χ2n) is 5.13. The SMILES string of the molecule is CCCCOc1ccc(NC(=O)C(C)CNC)c(C)c1.Cl. The van der Waals surface area contributed by atoms with Crippen molar-refractivity contribution in [2.45, 2.75) is 33.6 Å². The van der Waals surface area contributed by atoms with Crippen LogP contribution in [0.3, 0.4) is 0 Å².